The van der Waals surface area contributed by atoms with Crippen LogP contribution in [0.25, 0.3) is 10.9 Å². The lowest BCUT2D eigenvalue weighted by atomic mass is 9.97. The fourth-order valence-electron chi connectivity index (χ4n) is 3.30. The molecule has 1 unspecified atom stereocenters. The molecule has 8 nitrogen and oxygen atoms in total. The van der Waals surface area contributed by atoms with Crippen LogP contribution in [0.15, 0.2) is 36.8 Å². The van der Waals surface area contributed by atoms with E-state index >= 15 is 0 Å². The maximum absolute atomic E-state index is 12.7. The lowest BCUT2D eigenvalue weighted by molar-refractivity contribution is -0.145. The van der Waals surface area contributed by atoms with Crippen LogP contribution in [-0.2, 0) is 9.59 Å². The third-order valence-corrected chi connectivity index (χ3v) is 4.56. The van der Waals surface area contributed by atoms with Gasteiger partial charge in [0.2, 0.25) is 0 Å². The fourth-order valence-corrected chi connectivity index (χ4v) is 3.30. The third kappa shape index (κ3) is 2.98. The monoisotopic (exact) mass is 338 g/mol. The predicted octanol–water partition coefficient (Wildman–Crippen LogP) is 1.98. The van der Waals surface area contributed by atoms with Gasteiger partial charge in [-0.05, 0) is 37.5 Å². The highest BCUT2D eigenvalue weighted by Crippen LogP contribution is 2.30. The number of carbonyl (C=O) groups is 2. The summed E-state index contributed by atoms with van der Waals surface area (Å²) in [5.74, 6) is -1.14. The fraction of sp³-hybridized carbons (Fsp3) is 0.294. The SMILES string of the molecule is O=C(Nc1ccc2[nH]ncc2c1)C(=O)N1CCCCC1c1cn[nH]c1. The van der Waals surface area contributed by atoms with Crippen molar-refractivity contribution in [2.75, 3.05) is 11.9 Å². The van der Waals surface area contributed by atoms with Gasteiger partial charge in [-0.15, -0.1) is 0 Å². The molecule has 1 atom stereocenters. The van der Waals surface area contributed by atoms with E-state index in [9.17, 15) is 9.59 Å². The number of aromatic amines is 2. The quantitative estimate of drug-likeness (QED) is 0.621. The summed E-state index contributed by atoms with van der Waals surface area (Å²) in [5, 5.41) is 17.1. The molecule has 1 saturated heterocycles. The largest absolute Gasteiger partial charge is 0.327 e. The first-order valence-corrected chi connectivity index (χ1v) is 8.26. The minimum atomic E-state index is -0.627. The van der Waals surface area contributed by atoms with Crippen LogP contribution in [0.5, 0.6) is 0 Å². The summed E-state index contributed by atoms with van der Waals surface area (Å²) >= 11 is 0. The van der Waals surface area contributed by atoms with Crippen molar-refractivity contribution in [2.45, 2.75) is 25.3 Å². The number of aromatic nitrogens is 4. The average Bonchev–Trinajstić information content (AvgIpc) is 3.32. The van der Waals surface area contributed by atoms with Crippen molar-refractivity contribution >= 4 is 28.4 Å². The Morgan fingerprint density at radius 3 is 2.96 bits per heavy atom. The second-order valence-corrected chi connectivity index (χ2v) is 6.17. The molecule has 128 valence electrons. The zero-order valence-corrected chi connectivity index (χ0v) is 13.5. The number of carbonyl (C=O) groups excluding carboxylic acids is 2. The first-order valence-electron chi connectivity index (χ1n) is 8.26. The molecule has 0 radical (unpaired) electrons. The Balaban J connectivity index is 1.51. The van der Waals surface area contributed by atoms with Crippen LogP contribution in [0.2, 0.25) is 0 Å². The van der Waals surface area contributed by atoms with Gasteiger partial charge in [0.15, 0.2) is 0 Å². The van der Waals surface area contributed by atoms with Gasteiger partial charge in [0, 0.05) is 29.4 Å². The van der Waals surface area contributed by atoms with E-state index in [0.29, 0.717) is 12.2 Å². The number of anilines is 1. The summed E-state index contributed by atoms with van der Waals surface area (Å²) in [6, 6.07) is 5.24. The number of fused-ring (bicyclic) bond motifs is 1. The Morgan fingerprint density at radius 2 is 2.12 bits per heavy atom. The summed E-state index contributed by atoms with van der Waals surface area (Å²) < 4.78 is 0. The lowest BCUT2D eigenvalue weighted by Gasteiger charge is -2.34. The van der Waals surface area contributed by atoms with Gasteiger partial charge in [0.05, 0.1) is 24.0 Å². The standard InChI is InChI=1S/C17H18N6O2/c24-16(21-13-4-5-14-11(7-13)8-20-22-14)17(25)23-6-2-1-3-15(23)12-9-18-19-10-12/h4-5,7-10,15H,1-3,6H2,(H,18,19)(H,20,22)(H,21,24). The van der Waals surface area contributed by atoms with E-state index in [1.165, 1.54) is 0 Å². The third-order valence-electron chi connectivity index (χ3n) is 4.56. The molecule has 1 fully saturated rings. The van der Waals surface area contributed by atoms with E-state index in [4.69, 9.17) is 0 Å². The topological polar surface area (TPSA) is 107 Å². The van der Waals surface area contributed by atoms with E-state index in [-0.39, 0.29) is 6.04 Å². The summed E-state index contributed by atoms with van der Waals surface area (Å²) in [7, 11) is 0. The normalized spacial score (nSPS) is 17.6. The average molecular weight is 338 g/mol. The number of amides is 2. The number of H-pyrrole nitrogens is 2. The molecule has 25 heavy (non-hydrogen) atoms. The predicted molar refractivity (Wildman–Crippen MR) is 91.6 cm³/mol. The van der Waals surface area contributed by atoms with Crippen molar-refractivity contribution < 1.29 is 9.59 Å². The van der Waals surface area contributed by atoms with E-state index in [0.717, 1.165) is 35.7 Å². The number of nitrogens with zero attached hydrogens (tertiary/aromatic N) is 3. The molecule has 1 aliphatic rings. The Bertz CT molecular complexity index is 901. The van der Waals surface area contributed by atoms with Gasteiger partial charge >= 0.3 is 11.8 Å². The van der Waals surface area contributed by atoms with Crippen molar-refractivity contribution in [3.63, 3.8) is 0 Å². The summed E-state index contributed by atoms with van der Waals surface area (Å²) in [6.45, 7) is 0.572. The summed E-state index contributed by atoms with van der Waals surface area (Å²) in [5.41, 5.74) is 2.38. The Morgan fingerprint density at radius 1 is 1.20 bits per heavy atom. The molecule has 8 heteroatoms. The molecular weight excluding hydrogens is 320 g/mol. The smallest absolute Gasteiger partial charge is 0.313 e. The van der Waals surface area contributed by atoms with E-state index in [2.05, 4.69) is 25.7 Å². The minimum Gasteiger partial charge on any atom is -0.327 e. The van der Waals surface area contributed by atoms with Crippen molar-refractivity contribution in [2.24, 2.45) is 0 Å². The second kappa shape index (κ2) is 6.39. The van der Waals surface area contributed by atoms with Crippen LogP contribution in [0.4, 0.5) is 5.69 Å². The summed E-state index contributed by atoms with van der Waals surface area (Å²) in [4.78, 5) is 26.8. The van der Waals surface area contributed by atoms with Gasteiger partial charge in [-0.2, -0.15) is 10.2 Å². The molecule has 0 saturated carbocycles. The van der Waals surface area contributed by atoms with Crippen LogP contribution >= 0.6 is 0 Å². The molecule has 1 aromatic carbocycles. The first kappa shape index (κ1) is 15.4. The Labute approximate surface area is 143 Å². The van der Waals surface area contributed by atoms with Crippen LogP contribution in [0.3, 0.4) is 0 Å². The minimum absolute atomic E-state index is 0.109. The number of likely N-dealkylation sites (tertiary alicyclic amines) is 1. The van der Waals surface area contributed by atoms with Crippen LogP contribution in [-0.4, -0.2) is 43.7 Å². The van der Waals surface area contributed by atoms with Crippen molar-refractivity contribution in [1.29, 1.82) is 0 Å². The molecule has 0 aliphatic carbocycles. The van der Waals surface area contributed by atoms with Gasteiger partial charge in [0.1, 0.15) is 0 Å². The number of piperidine rings is 1. The highest BCUT2D eigenvalue weighted by atomic mass is 16.2. The number of benzene rings is 1. The number of hydrogen-bond donors (Lipinski definition) is 3. The van der Waals surface area contributed by atoms with Crippen LogP contribution in [0, 0.1) is 0 Å². The molecular formula is C17H18N6O2. The van der Waals surface area contributed by atoms with Crippen molar-refractivity contribution in [3.05, 3.63) is 42.4 Å². The van der Waals surface area contributed by atoms with Gasteiger partial charge < -0.3 is 10.2 Å². The first-order chi connectivity index (χ1) is 12.2. The van der Waals surface area contributed by atoms with Gasteiger partial charge in [-0.25, -0.2) is 0 Å². The summed E-state index contributed by atoms with van der Waals surface area (Å²) in [6.07, 6.45) is 7.92. The molecule has 3 aromatic rings. The van der Waals surface area contributed by atoms with Crippen LogP contribution < -0.4 is 5.32 Å². The van der Waals surface area contributed by atoms with E-state index in [1.54, 1.807) is 35.6 Å². The molecule has 2 aromatic heterocycles. The van der Waals surface area contributed by atoms with Crippen LogP contribution in [0.1, 0.15) is 30.9 Å². The molecule has 3 heterocycles. The van der Waals surface area contributed by atoms with Gasteiger partial charge in [-0.1, -0.05) is 0 Å². The molecule has 0 bridgehead atoms. The molecule has 1 aliphatic heterocycles. The zero-order valence-electron chi connectivity index (χ0n) is 13.5. The van der Waals surface area contributed by atoms with Crippen molar-refractivity contribution in [1.82, 2.24) is 25.3 Å². The Kier molecular flexibility index (Phi) is 3.93. The molecule has 0 spiro atoms. The van der Waals surface area contributed by atoms with Gasteiger partial charge in [-0.3, -0.25) is 19.8 Å². The lowest BCUT2D eigenvalue weighted by Crippen LogP contribution is -2.44. The van der Waals surface area contributed by atoms with E-state index < -0.39 is 11.8 Å². The highest BCUT2D eigenvalue weighted by molar-refractivity contribution is 6.39. The highest BCUT2D eigenvalue weighted by Gasteiger charge is 2.32. The van der Waals surface area contributed by atoms with Gasteiger partial charge in [0.25, 0.3) is 0 Å². The van der Waals surface area contributed by atoms with Crippen molar-refractivity contribution in [3.8, 4) is 0 Å². The maximum Gasteiger partial charge on any atom is 0.313 e. The Hall–Kier alpha value is -3.16. The number of rotatable bonds is 2. The number of nitrogens with one attached hydrogen (secondary N) is 3. The maximum atomic E-state index is 12.7. The zero-order chi connectivity index (χ0) is 17.2. The molecule has 3 N–H and O–H groups in total. The molecule has 2 amide bonds. The van der Waals surface area contributed by atoms with E-state index in [1.807, 2.05) is 6.07 Å². The second-order valence-electron chi connectivity index (χ2n) is 6.17. The molecule has 4 rings (SSSR count). The number of hydrogen-bond acceptors (Lipinski definition) is 4.